The van der Waals surface area contributed by atoms with E-state index in [4.69, 9.17) is 27.9 Å². The molecule has 1 N–H and O–H groups in total. The van der Waals surface area contributed by atoms with E-state index in [1.807, 2.05) is 0 Å². The van der Waals surface area contributed by atoms with Gasteiger partial charge in [-0.25, -0.2) is 8.42 Å². The molecule has 0 unspecified atom stereocenters. The molecular weight excluding hydrogens is 501 g/mol. The maximum atomic E-state index is 13.5. The summed E-state index contributed by atoms with van der Waals surface area (Å²) in [4.78, 5) is 27.4. The minimum Gasteiger partial charge on any atom is -0.492 e. The van der Waals surface area contributed by atoms with Crippen molar-refractivity contribution in [1.29, 1.82) is 0 Å². The number of halogens is 2. The van der Waals surface area contributed by atoms with E-state index >= 15 is 0 Å². The third-order valence-corrected chi connectivity index (χ3v) is 6.83. The second-order valence-corrected chi connectivity index (χ2v) is 10.2. The number of carbonyl (C=O) groups is 2. The Balaban J connectivity index is 2.45. The number of nitrogens with one attached hydrogen (secondary N) is 1. The van der Waals surface area contributed by atoms with Crippen LogP contribution in [-0.4, -0.2) is 57.1 Å². The molecule has 0 aliphatic heterocycles. The van der Waals surface area contributed by atoms with Crippen molar-refractivity contribution < 1.29 is 22.7 Å². The highest BCUT2D eigenvalue weighted by molar-refractivity contribution is 7.92. The number of anilines is 1. The molecule has 2 aromatic carbocycles. The van der Waals surface area contributed by atoms with Crippen LogP contribution in [-0.2, 0) is 26.2 Å². The Kier molecular flexibility index (Phi) is 10.0. The molecule has 0 spiro atoms. The zero-order chi connectivity index (χ0) is 25.5. The fourth-order valence-corrected chi connectivity index (χ4v) is 4.45. The Labute approximate surface area is 210 Å². The first-order valence-corrected chi connectivity index (χ1v) is 13.3. The van der Waals surface area contributed by atoms with Gasteiger partial charge in [-0.3, -0.25) is 13.9 Å². The van der Waals surface area contributed by atoms with Crippen LogP contribution in [0.25, 0.3) is 0 Å². The topological polar surface area (TPSA) is 96.0 Å². The molecule has 0 bridgehead atoms. The zero-order valence-electron chi connectivity index (χ0n) is 19.5. The van der Waals surface area contributed by atoms with Gasteiger partial charge in [-0.2, -0.15) is 0 Å². The number of likely N-dealkylation sites (N-methyl/N-ethyl adjacent to an activating group) is 1. The Morgan fingerprint density at radius 2 is 1.76 bits per heavy atom. The van der Waals surface area contributed by atoms with E-state index in [1.54, 1.807) is 63.2 Å². The van der Waals surface area contributed by atoms with Gasteiger partial charge in [-0.1, -0.05) is 41.4 Å². The lowest BCUT2D eigenvalue weighted by Crippen LogP contribution is -2.51. The van der Waals surface area contributed by atoms with Crippen LogP contribution in [0.2, 0.25) is 10.0 Å². The molecule has 2 amide bonds. The molecule has 0 saturated carbocycles. The number of rotatable bonds is 11. The Bertz CT molecular complexity index is 1130. The summed E-state index contributed by atoms with van der Waals surface area (Å²) in [6.45, 7) is 5.34. The number of amides is 2. The maximum absolute atomic E-state index is 13.5. The highest BCUT2D eigenvalue weighted by Gasteiger charge is 2.31. The molecule has 1 atom stereocenters. The van der Waals surface area contributed by atoms with Crippen LogP contribution < -0.4 is 14.4 Å². The van der Waals surface area contributed by atoms with Crippen molar-refractivity contribution in [2.24, 2.45) is 0 Å². The molecule has 0 heterocycles. The van der Waals surface area contributed by atoms with Crippen molar-refractivity contribution in [3.8, 4) is 5.75 Å². The fraction of sp³-hybridized carbons (Fsp3) is 0.391. The van der Waals surface area contributed by atoms with Crippen molar-refractivity contribution in [1.82, 2.24) is 10.2 Å². The standard InChI is InChI=1S/C23H29Cl2N3O5S/c1-5-26-23(30)16(3)27(14-17-11-12-18(24)19(25)13-17)22(29)15-28(34(4,31)32)20-9-7-8-10-21(20)33-6-2/h7-13,16H,5-6,14-15H2,1-4H3,(H,26,30)/t16-/m0/s1. The first-order chi connectivity index (χ1) is 16.0. The molecule has 0 saturated heterocycles. The summed E-state index contributed by atoms with van der Waals surface area (Å²) in [5.74, 6) is -0.603. The van der Waals surface area contributed by atoms with E-state index < -0.39 is 28.5 Å². The van der Waals surface area contributed by atoms with Gasteiger partial charge in [0.05, 0.1) is 28.6 Å². The molecule has 0 fully saturated rings. The maximum Gasteiger partial charge on any atom is 0.244 e. The molecule has 0 aromatic heterocycles. The monoisotopic (exact) mass is 529 g/mol. The lowest BCUT2D eigenvalue weighted by molar-refractivity contribution is -0.139. The normalized spacial score (nSPS) is 12.1. The quantitative estimate of drug-likeness (QED) is 0.478. The van der Waals surface area contributed by atoms with Crippen molar-refractivity contribution >= 4 is 50.7 Å². The molecule has 0 aliphatic carbocycles. The lowest BCUT2D eigenvalue weighted by atomic mass is 10.1. The van der Waals surface area contributed by atoms with Crippen molar-refractivity contribution in [3.05, 3.63) is 58.1 Å². The van der Waals surface area contributed by atoms with Gasteiger partial charge in [-0.05, 0) is 50.6 Å². The number of hydrogen-bond acceptors (Lipinski definition) is 5. The lowest BCUT2D eigenvalue weighted by Gasteiger charge is -2.31. The smallest absolute Gasteiger partial charge is 0.244 e. The van der Waals surface area contributed by atoms with E-state index in [9.17, 15) is 18.0 Å². The van der Waals surface area contributed by atoms with Gasteiger partial charge < -0.3 is 15.0 Å². The van der Waals surface area contributed by atoms with Gasteiger partial charge in [0.2, 0.25) is 21.8 Å². The second-order valence-electron chi connectivity index (χ2n) is 7.51. The number of benzene rings is 2. The zero-order valence-corrected chi connectivity index (χ0v) is 21.9. The van der Waals surface area contributed by atoms with Crippen molar-refractivity contribution in [3.63, 3.8) is 0 Å². The van der Waals surface area contributed by atoms with Crippen LogP contribution in [0.15, 0.2) is 42.5 Å². The second kappa shape index (κ2) is 12.3. The Morgan fingerprint density at radius 3 is 2.35 bits per heavy atom. The van der Waals surface area contributed by atoms with Crippen molar-refractivity contribution in [2.75, 3.05) is 30.3 Å². The third kappa shape index (κ3) is 7.25. The summed E-state index contributed by atoms with van der Waals surface area (Å²) in [6.07, 6.45) is 1.01. The predicted octanol–water partition coefficient (Wildman–Crippen LogP) is 3.71. The van der Waals surface area contributed by atoms with Gasteiger partial charge in [0.15, 0.2) is 0 Å². The summed E-state index contributed by atoms with van der Waals surface area (Å²) in [7, 11) is -3.86. The number of para-hydroxylation sites is 2. The number of ether oxygens (including phenoxy) is 1. The summed E-state index contributed by atoms with van der Waals surface area (Å²) < 4.78 is 31.9. The first-order valence-electron chi connectivity index (χ1n) is 10.7. The minimum absolute atomic E-state index is 0.0265. The van der Waals surface area contributed by atoms with E-state index in [0.717, 1.165) is 10.6 Å². The van der Waals surface area contributed by atoms with Crippen LogP contribution in [0.3, 0.4) is 0 Å². The molecule has 2 aromatic rings. The molecule has 2 rings (SSSR count). The molecule has 186 valence electrons. The SMILES string of the molecule is CCNC(=O)[C@H](C)N(Cc1ccc(Cl)c(Cl)c1)C(=O)CN(c1ccccc1OCC)S(C)(=O)=O. The Hall–Kier alpha value is -2.49. The van der Waals surface area contributed by atoms with Gasteiger partial charge >= 0.3 is 0 Å². The predicted molar refractivity (Wildman–Crippen MR) is 135 cm³/mol. The number of nitrogens with zero attached hydrogens (tertiary/aromatic N) is 2. The van der Waals surface area contributed by atoms with E-state index in [0.29, 0.717) is 34.5 Å². The number of carbonyl (C=O) groups excluding carboxylic acids is 2. The molecular formula is C23H29Cl2N3O5S. The molecule has 0 aliphatic rings. The number of hydrogen-bond donors (Lipinski definition) is 1. The van der Waals surface area contributed by atoms with E-state index in [-0.39, 0.29) is 18.1 Å². The minimum atomic E-state index is -3.86. The van der Waals surface area contributed by atoms with Crippen LogP contribution in [0.1, 0.15) is 26.3 Å². The molecule has 11 heteroatoms. The van der Waals surface area contributed by atoms with Gasteiger partial charge in [0, 0.05) is 13.1 Å². The largest absolute Gasteiger partial charge is 0.492 e. The molecule has 34 heavy (non-hydrogen) atoms. The van der Waals surface area contributed by atoms with Crippen LogP contribution in [0.5, 0.6) is 5.75 Å². The summed E-state index contributed by atoms with van der Waals surface area (Å²) >= 11 is 12.1. The highest BCUT2D eigenvalue weighted by Crippen LogP contribution is 2.30. The van der Waals surface area contributed by atoms with Crippen molar-refractivity contribution in [2.45, 2.75) is 33.4 Å². The van der Waals surface area contributed by atoms with Crippen LogP contribution in [0, 0.1) is 0 Å². The first kappa shape index (κ1) is 27.8. The average Bonchev–Trinajstić information content (AvgIpc) is 2.77. The highest BCUT2D eigenvalue weighted by atomic mass is 35.5. The fourth-order valence-electron chi connectivity index (χ4n) is 3.27. The van der Waals surface area contributed by atoms with Gasteiger partial charge in [0.25, 0.3) is 0 Å². The van der Waals surface area contributed by atoms with E-state index in [1.165, 1.54) is 4.90 Å². The average molecular weight is 530 g/mol. The van der Waals surface area contributed by atoms with Gasteiger partial charge in [0.1, 0.15) is 18.3 Å². The van der Waals surface area contributed by atoms with Crippen LogP contribution in [0.4, 0.5) is 5.69 Å². The molecule has 0 radical (unpaired) electrons. The summed E-state index contributed by atoms with van der Waals surface area (Å²) in [6, 6.07) is 10.6. The molecule has 8 nitrogen and oxygen atoms in total. The van der Waals surface area contributed by atoms with Gasteiger partial charge in [-0.15, -0.1) is 0 Å². The Morgan fingerprint density at radius 1 is 1.09 bits per heavy atom. The summed E-state index contributed by atoms with van der Waals surface area (Å²) in [5.41, 5.74) is 0.875. The third-order valence-electron chi connectivity index (χ3n) is 4.97. The van der Waals surface area contributed by atoms with Crippen LogP contribution >= 0.6 is 23.2 Å². The summed E-state index contributed by atoms with van der Waals surface area (Å²) in [5, 5.41) is 3.36. The number of sulfonamides is 1. The van der Waals surface area contributed by atoms with E-state index in [2.05, 4.69) is 5.32 Å².